The van der Waals surface area contributed by atoms with Crippen molar-refractivity contribution in [3.63, 3.8) is 0 Å². The van der Waals surface area contributed by atoms with Gasteiger partial charge in [0.15, 0.2) is 0 Å². The van der Waals surface area contributed by atoms with E-state index < -0.39 is 0 Å². The van der Waals surface area contributed by atoms with Crippen molar-refractivity contribution < 1.29 is 9.90 Å². The van der Waals surface area contributed by atoms with E-state index in [0.29, 0.717) is 5.17 Å². The molecule has 1 heterocycles. The van der Waals surface area contributed by atoms with Gasteiger partial charge in [-0.25, -0.2) is 0 Å². The molecule has 71 valence electrons. The maximum atomic E-state index is 11.2. The summed E-state index contributed by atoms with van der Waals surface area (Å²) in [5, 5.41) is 9.05. The molecular weight excluding hydrogens is 190 g/mol. The number of carbonyl (C=O) groups excluding carboxylic acids is 1. The van der Waals surface area contributed by atoms with Gasteiger partial charge in [0.1, 0.15) is 5.37 Å². The molecule has 1 aliphatic heterocycles. The second-order valence-corrected chi connectivity index (χ2v) is 4.21. The van der Waals surface area contributed by atoms with Gasteiger partial charge in [-0.2, -0.15) is 15.8 Å². The van der Waals surface area contributed by atoms with E-state index in [2.05, 4.69) is 15.8 Å². The minimum Gasteiger partial charge on any atom is -0.394 e. The maximum absolute atomic E-state index is 11.2. The lowest BCUT2D eigenvalue weighted by Gasteiger charge is -1.97. The molecule has 1 saturated carbocycles. The monoisotopic (exact) mass is 200 g/mol. The molecule has 1 atom stereocenters. The molecule has 1 aliphatic carbocycles. The summed E-state index contributed by atoms with van der Waals surface area (Å²) < 4.78 is 0. The summed E-state index contributed by atoms with van der Waals surface area (Å²) in [6.07, 6.45) is 1.91. The molecule has 1 unspecified atom stereocenters. The van der Waals surface area contributed by atoms with Crippen LogP contribution in [-0.4, -0.2) is 28.2 Å². The molecule has 5 nitrogen and oxygen atoms in total. The quantitative estimate of drug-likeness (QED) is 0.627. The molecule has 13 heavy (non-hydrogen) atoms. The molecule has 2 rings (SSSR count). The van der Waals surface area contributed by atoms with Gasteiger partial charge in [-0.3, -0.25) is 4.79 Å². The van der Waals surface area contributed by atoms with E-state index in [9.17, 15) is 4.79 Å². The predicted molar refractivity (Wildman–Crippen MR) is 48.9 cm³/mol. The number of hydrogen-bond acceptors (Lipinski definition) is 4. The van der Waals surface area contributed by atoms with E-state index in [0.717, 1.165) is 12.8 Å². The third-order valence-corrected chi connectivity index (χ3v) is 2.78. The average molecular weight is 200 g/mol. The van der Waals surface area contributed by atoms with Crippen LogP contribution in [0.2, 0.25) is 0 Å². The topological polar surface area (TPSA) is 75.8 Å². The van der Waals surface area contributed by atoms with Crippen LogP contribution in [-0.2, 0) is 4.79 Å². The van der Waals surface area contributed by atoms with Gasteiger partial charge in [0.2, 0.25) is 5.17 Å². The van der Waals surface area contributed by atoms with Crippen molar-refractivity contribution in [2.45, 2.75) is 18.2 Å². The third kappa shape index (κ3) is 2.20. The normalized spacial score (nSPS) is 30.5. The largest absolute Gasteiger partial charge is 0.394 e. The Labute approximate surface area is 80.0 Å². The van der Waals surface area contributed by atoms with Crippen LogP contribution in [0.15, 0.2) is 4.99 Å². The fourth-order valence-electron chi connectivity index (χ4n) is 0.952. The van der Waals surface area contributed by atoms with Crippen molar-refractivity contribution in [2.24, 2.45) is 10.9 Å². The first-order valence-corrected chi connectivity index (χ1v) is 5.04. The van der Waals surface area contributed by atoms with Gasteiger partial charge in [0.05, 0.1) is 6.61 Å². The number of aliphatic hydroxyl groups excluding tert-OH is 1. The van der Waals surface area contributed by atoms with Gasteiger partial charge in [-0.05, 0) is 12.8 Å². The summed E-state index contributed by atoms with van der Waals surface area (Å²) in [6, 6.07) is 0. The molecule has 0 bridgehead atoms. The Morgan fingerprint density at radius 2 is 2.54 bits per heavy atom. The Morgan fingerprint density at radius 3 is 3.08 bits per heavy atom. The van der Waals surface area contributed by atoms with Crippen molar-refractivity contribution in [1.29, 1.82) is 0 Å². The van der Waals surface area contributed by atoms with Gasteiger partial charge < -0.3 is 5.11 Å². The van der Waals surface area contributed by atoms with E-state index in [4.69, 9.17) is 5.11 Å². The molecule has 1 amide bonds. The van der Waals surface area contributed by atoms with E-state index in [1.54, 1.807) is 0 Å². The predicted octanol–water partition coefficient (Wildman–Crippen LogP) is -0.547. The number of amides is 1. The zero-order chi connectivity index (χ0) is 9.26. The first-order valence-electron chi connectivity index (χ1n) is 4.16. The van der Waals surface area contributed by atoms with Crippen LogP contribution in [0.3, 0.4) is 0 Å². The highest BCUT2D eigenvalue weighted by atomic mass is 32.2. The minimum atomic E-state index is -0.147. The second-order valence-electron chi connectivity index (χ2n) is 3.04. The summed E-state index contributed by atoms with van der Waals surface area (Å²) in [6.45, 7) is -0.00912. The first kappa shape index (κ1) is 8.98. The number of nitrogens with one attached hydrogen (secondary N) is 1. The summed E-state index contributed by atoms with van der Waals surface area (Å²) in [4.78, 5) is 15.0. The van der Waals surface area contributed by atoms with Gasteiger partial charge in [0, 0.05) is 5.92 Å². The summed E-state index contributed by atoms with van der Waals surface area (Å²) >= 11 is 1.29. The molecule has 0 aromatic rings. The lowest BCUT2D eigenvalue weighted by atomic mass is 10.4. The number of hydrogen-bond donors (Lipinski definition) is 2. The standard InChI is InChI=1S/C7H10N3O2S/c11-3-5-9-10-7(13-5)8-6(12)4-1-2-4/h4-5,9,11H,1-3H2. The third-order valence-electron chi connectivity index (χ3n) is 1.85. The number of amidine groups is 1. The Balaban J connectivity index is 1.89. The summed E-state index contributed by atoms with van der Waals surface area (Å²) in [5.74, 6) is 0.0584. The Kier molecular flexibility index (Phi) is 2.52. The lowest BCUT2D eigenvalue weighted by Crippen LogP contribution is -2.27. The fourth-order valence-corrected chi connectivity index (χ4v) is 1.63. The van der Waals surface area contributed by atoms with E-state index in [1.165, 1.54) is 11.8 Å². The Hall–Kier alpha value is -0.590. The van der Waals surface area contributed by atoms with E-state index >= 15 is 0 Å². The van der Waals surface area contributed by atoms with Gasteiger partial charge in [-0.15, -0.1) is 0 Å². The van der Waals surface area contributed by atoms with Gasteiger partial charge in [0.25, 0.3) is 5.91 Å². The summed E-state index contributed by atoms with van der Waals surface area (Å²) in [5.41, 5.74) is 6.50. The molecule has 0 aromatic heterocycles. The van der Waals surface area contributed by atoms with Crippen molar-refractivity contribution in [1.82, 2.24) is 10.9 Å². The van der Waals surface area contributed by atoms with E-state index in [1.807, 2.05) is 0 Å². The lowest BCUT2D eigenvalue weighted by molar-refractivity contribution is -0.118. The average Bonchev–Trinajstić information content (AvgIpc) is 2.88. The molecule has 6 heteroatoms. The SMILES string of the molecule is O=C(N=C1[N]NC(CO)S1)C1CC1. The first-order chi connectivity index (χ1) is 6.29. The Morgan fingerprint density at radius 1 is 1.77 bits per heavy atom. The molecule has 2 fully saturated rings. The highest BCUT2D eigenvalue weighted by Gasteiger charge is 2.31. The zero-order valence-corrected chi connectivity index (χ0v) is 7.75. The van der Waals surface area contributed by atoms with Crippen molar-refractivity contribution in [3.05, 3.63) is 0 Å². The molecular formula is C7H10N3O2S. The van der Waals surface area contributed by atoms with Crippen molar-refractivity contribution in [3.8, 4) is 0 Å². The van der Waals surface area contributed by atoms with Crippen LogP contribution in [0, 0.1) is 5.92 Å². The molecule has 1 radical (unpaired) electrons. The van der Waals surface area contributed by atoms with Crippen molar-refractivity contribution in [2.75, 3.05) is 6.61 Å². The summed E-state index contributed by atoms with van der Waals surface area (Å²) in [7, 11) is 0. The molecule has 1 saturated heterocycles. The molecule has 2 aliphatic rings. The number of aliphatic hydroxyl groups is 1. The molecule has 0 spiro atoms. The van der Waals surface area contributed by atoms with Gasteiger partial charge in [-0.1, -0.05) is 11.8 Å². The van der Waals surface area contributed by atoms with Crippen LogP contribution < -0.4 is 10.9 Å². The Bertz CT molecular complexity index is 252. The van der Waals surface area contributed by atoms with Crippen LogP contribution in [0.1, 0.15) is 12.8 Å². The van der Waals surface area contributed by atoms with Crippen molar-refractivity contribution >= 4 is 22.8 Å². The number of carbonyl (C=O) groups is 1. The smallest absolute Gasteiger partial charge is 0.251 e. The number of thioether (sulfide) groups is 1. The van der Waals surface area contributed by atoms with E-state index in [-0.39, 0.29) is 23.8 Å². The second kappa shape index (κ2) is 3.65. The minimum absolute atomic E-state index is 0.00912. The van der Waals surface area contributed by atoms with Crippen LogP contribution in [0.25, 0.3) is 0 Å². The maximum Gasteiger partial charge on any atom is 0.251 e. The zero-order valence-electron chi connectivity index (χ0n) is 6.93. The molecule has 0 aromatic carbocycles. The van der Waals surface area contributed by atoms with Crippen LogP contribution in [0.5, 0.6) is 0 Å². The number of aliphatic imine (C=N–C) groups is 1. The number of rotatable bonds is 2. The number of nitrogens with zero attached hydrogens (tertiary/aromatic N) is 2. The van der Waals surface area contributed by atoms with Crippen LogP contribution >= 0.6 is 11.8 Å². The highest BCUT2D eigenvalue weighted by molar-refractivity contribution is 8.14. The fraction of sp³-hybridized carbons (Fsp3) is 0.714. The van der Waals surface area contributed by atoms with Crippen LogP contribution in [0.4, 0.5) is 0 Å². The molecule has 2 N–H and O–H groups in total. The van der Waals surface area contributed by atoms with Gasteiger partial charge >= 0.3 is 0 Å². The highest BCUT2D eigenvalue weighted by Crippen LogP contribution is 2.30.